The molecule has 5 heteroatoms. The van der Waals surface area contributed by atoms with Gasteiger partial charge in [-0.15, -0.1) is 11.3 Å². The Bertz CT molecular complexity index is 968. The highest BCUT2D eigenvalue weighted by atomic mass is 32.1. The summed E-state index contributed by atoms with van der Waals surface area (Å²) in [4.78, 5) is 11.8. The average molecular weight is 293 g/mol. The van der Waals surface area contributed by atoms with E-state index in [0.717, 1.165) is 26.8 Å². The van der Waals surface area contributed by atoms with Gasteiger partial charge in [-0.25, -0.2) is 4.98 Å². The molecule has 102 valence electrons. The van der Waals surface area contributed by atoms with Crippen molar-refractivity contribution in [3.05, 3.63) is 53.5 Å². The summed E-state index contributed by atoms with van der Waals surface area (Å²) in [5.41, 5.74) is 5.21. The Labute approximate surface area is 124 Å². The van der Waals surface area contributed by atoms with Crippen LogP contribution in [-0.4, -0.2) is 21.3 Å². The minimum absolute atomic E-state index is 0.136. The van der Waals surface area contributed by atoms with Crippen LogP contribution in [0.3, 0.4) is 0 Å². The molecule has 0 aliphatic rings. The number of nitrogens with one attached hydrogen (secondary N) is 1. The molecule has 0 amide bonds. The predicted molar refractivity (Wildman–Crippen MR) is 86.8 cm³/mol. The minimum Gasteiger partial charge on any atom is -0.494 e. The number of aromatic hydroxyl groups is 1. The van der Waals surface area contributed by atoms with Crippen LogP contribution >= 0.6 is 11.3 Å². The maximum Gasteiger partial charge on any atom is 0.198 e. The predicted octanol–water partition coefficient (Wildman–Crippen LogP) is 4.23. The van der Waals surface area contributed by atoms with E-state index in [1.807, 2.05) is 48.0 Å². The van der Waals surface area contributed by atoms with E-state index >= 15 is 0 Å². The molecular weight excluding hydrogens is 282 g/mol. The van der Waals surface area contributed by atoms with Crippen LogP contribution in [0, 0.1) is 0 Å². The number of thiazole rings is 1. The number of nitrogens with zero attached hydrogens (tertiary/aromatic N) is 2. The molecule has 21 heavy (non-hydrogen) atoms. The van der Waals surface area contributed by atoms with Crippen LogP contribution in [0.25, 0.3) is 21.1 Å². The maximum atomic E-state index is 10.0. The first-order valence-corrected chi connectivity index (χ1v) is 7.37. The summed E-state index contributed by atoms with van der Waals surface area (Å²) < 4.78 is 1.05. The molecule has 0 fully saturated rings. The summed E-state index contributed by atoms with van der Waals surface area (Å²) >= 11 is 1.56. The molecule has 4 rings (SSSR count). The topological polar surface area (TPSA) is 61.3 Å². The van der Waals surface area contributed by atoms with E-state index in [9.17, 15) is 5.11 Å². The Morgan fingerprint density at radius 2 is 2.05 bits per heavy atom. The number of rotatable bonds is 2. The van der Waals surface area contributed by atoms with E-state index in [-0.39, 0.29) is 5.88 Å². The zero-order chi connectivity index (χ0) is 14.2. The molecule has 0 aliphatic heterocycles. The molecule has 0 atom stereocenters. The standard InChI is InChI=1S/C16H11N3OS/c20-16-11(10-4-1-2-5-12(10)19-16)8-17-13-6-3-7-14-15(13)21-9-18-14/h1-9,19-20H. The molecule has 0 unspecified atom stereocenters. The fourth-order valence-corrected chi connectivity index (χ4v) is 3.14. The van der Waals surface area contributed by atoms with Crippen molar-refractivity contribution in [2.75, 3.05) is 0 Å². The molecular formula is C16H11N3OS. The second-order valence-electron chi connectivity index (χ2n) is 4.67. The largest absolute Gasteiger partial charge is 0.494 e. The fraction of sp³-hybridized carbons (Fsp3) is 0. The minimum atomic E-state index is 0.136. The Hall–Kier alpha value is -2.66. The summed E-state index contributed by atoms with van der Waals surface area (Å²) in [6, 6.07) is 13.6. The van der Waals surface area contributed by atoms with Crippen LogP contribution in [0.4, 0.5) is 5.69 Å². The molecule has 2 heterocycles. The van der Waals surface area contributed by atoms with Gasteiger partial charge in [-0.05, 0) is 18.2 Å². The number of aliphatic imine (C=N–C) groups is 1. The van der Waals surface area contributed by atoms with Crippen molar-refractivity contribution in [1.29, 1.82) is 0 Å². The van der Waals surface area contributed by atoms with Crippen LogP contribution in [0.5, 0.6) is 5.88 Å². The van der Waals surface area contributed by atoms with Crippen molar-refractivity contribution < 1.29 is 5.11 Å². The van der Waals surface area contributed by atoms with E-state index in [1.54, 1.807) is 17.6 Å². The highest BCUT2D eigenvalue weighted by Gasteiger charge is 2.08. The lowest BCUT2D eigenvalue weighted by Crippen LogP contribution is -1.79. The zero-order valence-electron chi connectivity index (χ0n) is 10.9. The van der Waals surface area contributed by atoms with E-state index in [1.165, 1.54) is 0 Å². The third-order valence-corrected chi connectivity index (χ3v) is 4.26. The number of para-hydroxylation sites is 1. The van der Waals surface area contributed by atoms with Crippen LogP contribution in [-0.2, 0) is 0 Å². The third-order valence-electron chi connectivity index (χ3n) is 3.39. The maximum absolute atomic E-state index is 10.0. The summed E-state index contributed by atoms with van der Waals surface area (Å²) in [7, 11) is 0. The van der Waals surface area contributed by atoms with Crippen LogP contribution in [0.2, 0.25) is 0 Å². The van der Waals surface area contributed by atoms with Gasteiger partial charge in [0.15, 0.2) is 5.88 Å². The smallest absolute Gasteiger partial charge is 0.198 e. The SMILES string of the molecule is Oc1[nH]c2ccccc2c1C=Nc1cccc2ncsc12. The Morgan fingerprint density at radius 3 is 3.00 bits per heavy atom. The molecule has 4 nitrogen and oxygen atoms in total. The van der Waals surface area contributed by atoms with Gasteiger partial charge in [0.1, 0.15) is 0 Å². The lowest BCUT2D eigenvalue weighted by atomic mass is 10.2. The van der Waals surface area contributed by atoms with Gasteiger partial charge in [0.25, 0.3) is 0 Å². The molecule has 0 spiro atoms. The number of hydrogen-bond donors (Lipinski definition) is 2. The number of H-pyrrole nitrogens is 1. The van der Waals surface area contributed by atoms with Gasteiger partial charge in [0, 0.05) is 17.1 Å². The number of aromatic nitrogens is 2. The zero-order valence-corrected chi connectivity index (χ0v) is 11.8. The van der Waals surface area contributed by atoms with Crippen molar-refractivity contribution in [1.82, 2.24) is 9.97 Å². The average Bonchev–Trinajstić information content (AvgIpc) is 3.09. The Kier molecular flexibility index (Phi) is 2.72. The first kappa shape index (κ1) is 12.1. The highest BCUT2D eigenvalue weighted by molar-refractivity contribution is 7.17. The normalized spacial score (nSPS) is 11.8. The second-order valence-corrected chi connectivity index (χ2v) is 5.52. The first-order valence-electron chi connectivity index (χ1n) is 6.49. The number of hydrogen-bond acceptors (Lipinski definition) is 4. The summed E-state index contributed by atoms with van der Waals surface area (Å²) in [5.74, 6) is 0.136. The quantitative estimate of drug-likeness (QED) is 0.543. The number of benzene rings is 2. The fourth-order valence-electron chi connectivity index (χ4n) is 2.39. The molecule has 0 saturated heterocycles. The van der Waals surface area contributed by atoms with E-state index in [4.69, 9.17) is 0 Å². The summed E-state index contributed by atoms with van der Waals surface area (Å²) in [6.45, 7) is 0. The number of aromatic amines is 1. The van der Waals surface area contributed by atoms with E-state index < -0.39 is 0 Å². The monoisotopic (exact) mass is 293 g/mol. The van der Waals surface area contributed by atoms with Gasteiger partial charge >= 0.3 is 0 Å². The van der Waals surface area contributed by atoms with Gasteiger partial charge in [-0.3, -0.25) is 4.99 Å². The third kappa shape index (κ3) is 1.98. The molecule has 0 bridgehead atoms. The van der Waals surface area contributed by atoms with Crippen molar-refractivity contribution in [3.8, 4) is 5.88 Å². The Morgan fingerprint density at radius 1 is 1.14 bits per heavy atom. The van der Waals surface area contributed by atoms with Gasteiger partial charge in [-0.1, -0.05) is 24.3 Å². The van der Waals surface area contributed by atoms with Crippen molar-refractivity contribution in [2.24, 2.45) is 4.99 Å². The van der Waals surface area contributed by atoms with Crippen molar-refractivity contribution in [2.45, 2.75) is 0 Å². The van der Waals surface area contributed by atoms with E-state index in [2.05, 4.69) is 15.0 Å². The summed E-state index contributed by atoms with van der Waals surface area (Å²) in [6.07, 6.45) is 1.70. The van der Waals surface area contributed by atoms with Gasteiger partial charge < -0.3 is 10.1 Å². The highest BCUT2D eigenvalue weighted by Crippen LogP contribution is 2.30. The van der Waals surface area contributed by atoms with Gasteiger partial charge in [0.2, 0.25) is 0 Å². The molecule has 0 aliphatic carbocycles. The molecule has 2 aromatic heterocycles. The molecule has 0 saturated carbocycles. The van der Waals surface area contributed by atoms with Crippen LogP contribution < -0.4 is 0 Å². The molecule has 2 N–H and O–H groups in total. The van der Waals surface area contributed by atoms with Crippen LogP contribution in [0.1, 0.15) is 5.56 Å². The summed E-state index contributed by atoms with van der Waals surface area (Å²) in [5, 5.41) is 11.0. The molecule has 4 aromatic rings. The lowest BCUT2D eigenvalue weighted by molar-refractivity contribution is 0.457. The number of fused-ring (bicyclic) bond motifs is 2. The van der Waals surface area contributed by atoms with Crippen LogP contribution in [0.15, 0.2) is 53.0 Å². The molecule has 0 radical (unpaired) electrons. The van der Waals surface area contributed by atoms with Gasteiger partial charge in [-0.2, -0.15) is 0 Å². The second kappa shape index (κ2) is 4.71. The first-order chi connectivity index (χ1) is 10.3. The Balaban J connectivity index is 1.84. The van der Waals surface area contributed by atoms with Crippen molar-refractivity contribution in [3.63, 3.8) is 0 Å². The lowest BCUT2D eigenvalue weighted by Gasteiger charge is -1.95. The van der Waals surface area contributed by atoms with Gasteiger partial charge in [0.05, 0.1) is 27.0 Å². The molecule has 2 aromatic carbocycles. The van der Waals surface area contributed by atoms with E-state index in [0.29, 0.717) is 5.56 Å². The van der Waals surface area contributed by atoms with Crippen molar-refractivity contribution >= 4 is 44.4 Å².